The molecule has 0 fully saturated rings. The third kappa shape index (κ3) is 4.29. The van der Waals surface area contributed by atoms with Gasteiger partial charge < -0.3 is 5.32 Å². The van der Waals surface area contributed by atoms with Crippen LogP contribution < -0.4 is 10.2 Å². The summed E-state index contributed by atoms with van der Waals surface area (Å²) in [5.41, 5.74) is 4.24. The third-order valence-electron chi connectivity index (χ3n) is 5.09. The van der Waals surface area contributed by atoms with Gasteiger partial charge >= 0.3 is 0 Å². The number of hydrogen-bond donors (Lipinski definition) is 1. The lowest BCUT2D eigenvalue weighted by Crippen LogP contribution is -2.32. The van der Waals surface area contributed by atoms with Crippen LogP contribution in [0.25, 0.3) is 0 Å². The fourth-order valence-electron chi connectivity index (χ4n) is 3.39. The molecule has 3 aromatic carbocycles. The Morgan fingerprint density at radius 3 is 2.22 bits per heavy atom. The largest absolute Gasteiger partial charge is 0.350 e. The molecule has 0 bridgehead atoms. The van der Waals surface area contributed by atoms with Gasteiger partial charge in [-0.25, -0.2) is 9.29 Å². The molecule has 1 aliphatic rings. The number of hydrogen-bond acceptors (Lipinski definition) is 4. The summed E-state index contributed by atoms with van der Waals surface area (Å²) in [5.74, 6) is -1.63. The fourth-order valence-corrected chi connectivity index (χ4v) is 4.49. The summed E-state index contributed by atoms with van der Waals surface area (Å²) < 4.78 is 13.7. The number of nitrogens with one attached hydrogen (secondary N) is 1. The van der Waals surface area contributed by atoms with E-state index in [1.54, 1.807) is 0 Å². The Labute approximate surface area is 195 Å². The molecule has 0 radical (unpaired) electrons. The number of carbonyl (C=O) groups is 2. The Hall–Kier alpha value is -3.09. The van der Waals surface area contributed by atoms with Gasteiger partial charge in [0.25, 0.3) is 11.8 Å². The number of halogens is 2. The minimum atomic E-state index is -0.620. The van der Waals surface area contributed by atoms with Gasteiger partial charge in [-0.2, -0.15) is 0 Å². The van der Waals surface area contributed by atoms with Gasteiger partial charge in [-0.05, 0) is 62.7 Å². The Kier molecular flexibility index (Phi) is 6.09. The van der Waals surface area contributed by atoms with Gasteiger partial charge in [0.2, 0.25) is 0 Å². The van der Waals surface area contributed by atoms with E-state index in [-0.39, 0.29) is 21.3 Å². The molecular formula is C25H20ClFN2O2S. The van der Waals surface area contributed by atoms with Crippen molar-refractivity contribution < 1.29 is 14.0 Å². The normalized spacial score (nSPS) is 13.8. The van der Waals surface area contributed by atoms with Crippen molar-refractivity contribution in [3.63, 3.8) is 0 Å². The second-order valence-electron chi connectivity index (χ2n) is 7.61. The zero-order chi connectivity index (χ0) is 23.0. The van der Waals surface area contributed by atoms with Crippen molar-refractivity contribution in [3.05, 3.63) is 98.8 Å². The smallest absolute Gasteiger partial charge is 0.283 e. The van der Waals surface area contributed by atoms with Crippen molar-refractivity contribution in [3.8, 4) is 0 Å². The van der Waals surface area contributed by atoms with E-state index < -0.39 is 17.6 Å². The van der Waals surface area contributed by atoms with Gasteiger partial charge in [-0.1, -0.05) is 58.8 Å². The first kappa shape index (κ1) is 22.1. The lowest BCUT2D eigenvalue weighted by molar-refractivity contribution is -0.120. The van der Waals surface area contributed by atoms with Gasteiger partial charge in [0.15, 0.2) is 0 Å². The number of aryl methyl sites for hydroxylation is 3. The maximum absolute atomic E-state index is 13.7. The number of rotatable bonds is 5. The first-order valence-corrected chi connectivity index (χ1v) is 11.1. The molecule has 1 heterocycles. The van der Waals surface area contributed by atoms with Crippen molar-refractivity contribution in [2.45, 2.75) is 25.7 Å². The third-order valence-corrected chi connectivity index (χ3v) is 6.47. The van der Waals surface area contributed by atoms with Crippen LogP contribution in [0.2, 0.25) is 5.02 Å². The Balaban J connectivity index is 1.77. The number of benzene rings is 3. The van der Waals surface area contributed by atoms with Gasteiger partial charge in [0.1, 0.15) is 16.4 Å². The highest BCUT2D eigenvalue weighted by atomic mass is 35.5. The zero-order valence-electron chi connectivity index (χ0n) is 17.7. The van der Waals surface area contributed by atoms with Crippen LogP contribution in [-0.4, -0.2) is 11.8 Å². The predicted molar refractivity (Wildman–Crippen MR) is 128 cm³/mol. The van der Waals surface area contributed by atoms with Crippen LogP contribution in [0.15, 0.2) is 76.2 Å². The summed E-state index contributed by atoms with van der Waals surface area (Å²) >= 11 is 7.12. The molecule has 32 heavy (non-hydrogen) atoms. The molecule has 0 saturated carbocycles. The first-order chi connectivity index (χ1) is 15.2. The predicted octanol–water partition coefficient (Wildman–Crippen LogP) is 6.39. The molecule has 0 unspecified atom stereocenters. The van der Waals surface area contributed by atoms with E-state index >= 15 is 0 Å². The SMILES string of the molecule is Cc1ccc(SC2=C(Nc3ccc(C)cc3C)C(=O)N(c3ccc(F)c(Cl)c3)C2=O)cc1. The summed E-state index contributed by atoms with van der Waals surface area (Å²) in [6.45, 7) is 5.89. The summed E-state index contributed by atoms with van der Waals surface area (Å²) in [6, 6.07) is 17.3. The van der Waals surface area contributed by atoms with Crippen molar-refractivity contribution in [1.29, 1.82) is 0 Å². The summed E-state index contributed by atoms with van der Waals surface area (Å²) in [6.07, 6.45) is 0. The number of anilines is 2. The highest BCUT2D eigenvalue weighted by Gasteiger charge is 2.40. The van der Waals surface area contributed by atoms with E-state index in [0.717, 1.165) is 38.2 Å². The van der Waals surface area contributed by atoms with Crippen LogP contribution in [0.5, 0.6) is 0 Å². The minimum absolute atomic E-state index is 0.161. The number of carbonyl (C=O) groups excluding carboxylic acids is 2. The lowest BCUT2D eigenvalue weighted by Gasteiger charge is -2.16. The maximum atomic E-state index is 13.7. The monoisotopic (exact) mass is 466 g/mol. The summed E-state index contributed by atoms with van der Waals surface area (Å²) in [4.78, 5) is 28.9. The average molecular weight is 467 g/mol. The Morgan fingerprint density at radius 2 is 1.56 bits per heavy atom. The molecule has 7 heteroatoms. The molecule has 2 amide bonds. The van der Waals surface area contributed by atoms with E-state index in [0.29, 0.717) is 0 Å². The first-order valence-electron chi connectivity index (χ1n) is 9.91. The number of thioether (sulfide) groups is 1. The summed E-state index contributed by atoms with van der Waals surface area (Å²) in [5, 5.41) is 3.00. The molecule has 4 rings (SSSR count). The molecule has 0 spiro atoms. The molecule has 3 aromatic rings. The van der Waals surface area contributed by atoms with Crippen LogP contribution in [0.3, 0.4) is 0 Å². The molecule has 4 nitrogen and oxygen atoms in total. The number of imide groups is 1. The van der Waals surface area contributed by atoms with Crippen molar-refractivity contribution >= 4 is 46.6 Å². The van der Waals surface area contributed by atoms with Crippen molar-refractivity contribution in [2.24, 2.45) is 0 Å². The van der Waals surface area contributed by atoms with Gasteiger partial charge in [-0.15, -0.1) is 0 Å². The standard InChI is InChI=1S/C25H20ClFN2O2S/c1-14-4-8-18(9-5-14)32-23-22(28-21-11-6-15(2)12-16(21)3)24(30)29(25(23)31)17-7-10-20(27)19(26)13-17/h4-13,28H,1-3H3. The van der Waals surface area contributed by atoms with E-state index in [1.165, 1.54) is 23.9 Å². The van der Waals surface area contributed by atoms with E-state index in [4.69, 9.17) is 11.6 Å². The lowest BCUT2D eigenvalue weighted by atomic mass is 10.1. The van der Waals surface area contributed by atoms with Crippen LogP contribution in [0, 0.1) is 26.6 Å². The van der Waals surface area contributed by atoms with Gasteiger partial charge in [-0.3, -0.25) is 9.59 Å². The van der Waals surface area contributed by atoms with E-state index in [2.05, 4.69) is 5.32 Å². The van der Waals surface area contributed by atoms with Crippen LogP contribution in [0.4, 0.5) is 15.8 Å². The molecule has 0 atom stereocenters. The molecule has 1 N–H and O–H groups in total. The maximum Gasteiger partial charge on any atom is 0.283 e. The van der Waals surface area contributed by atoms with Crippen molar-refractivity contribution in [1.82, 2.24) is 0 Å². The Morgan fingerprint density at radius 1 is 0.875 bits per heavy atom. The average Bonchev–Trinajstić information content (AvgIpc) is 2.97. The number of amides is 2. The van der Waals surface area contributed by atoms with E-state index in [9.17, 15) is 14.0 Å². The topological polar surface area (TPSA) is 49.4 Å². The minimum Gasteiger partial charge on any atom is -0.350 e. The highest BCUT2D eigenvalue weighted by molar-refractivity contribution is 8.04. The molecule has 0 saturated heterocycles. The molecular weight excluding hydrogens is 447 g/mol. The van der Waals surface area contributed by atoms with Gasteiger partial charge in [0, 0.05) is 10.6 Å². The molecule has 1 aliphatic heterocycles. The van der Waals surface area contributed by atoms with Crippen LogP contribution >= 0.6 is 23.4 Å². The highest BCUT2D eigenvalue weighted by Crippen LogP contribution is 2.39. The quantitative estimate of drug-likeness (QED) is 0.442. The van der Waals surface area contributed by atoms with E-state index in [1.807, 2.05) is 63.2 Å². The molecule has 0 aromatic heterocycles. The second kappa shape index (κ2) is 8.81. The molecule has 0 aliphatic carbocycles. The Bertz CT molecular complexity index is 1270. The zero-order valence-corrected chi connectivity index (χ0v) is 19.3. The fraction of sp³-hybridized carbons (Fsp3) is 0.120. The van der Waals surface area contributed by atoms with Crippen LogP contribution in [-0.2, 0) is 9.59 Å². The summed E-state index contributed by atoms with van der Waals surface area (Å²) in [7, 11) is 0. The van der Waals surface area contributed by atoms with Gasteiger partial charge in [0.05, 0.1) is 10.7 Å². The number of nitrogens with zero attached hydrogens (tertiary/aromatic N) is 1. The molecule has 162 valence electrons. The van der Waals surface area contributed by atoms with Crippen molar-refractivity contribution in [2.75, 3.05) is 10.2 Å². The van der Waals surface area contributed by atoms with Crippen LogP contribution in [0.1, 0.15) is 16.7 Å². The second-order valence-corrected chi connectivity index (χ2v) is 9.10.